The van der Waals surface area contributed by atoms with Gasteiger partial charge in [0.25, 0.3) is 0 Å². The van der Waals surface area contributed by atoms with Crippen LogP contribution in [-0.4, -0.2) is 17.6 Å². The molecule has 0 aliphatic heterocycles. The maximum atomic E-state index is 11.8. The van der Waals surface area contributed by atoms with Crippen LogP contribution >= 0.6 is 0 Å². The average Bonchev–Trinajstić information content (AvgIpc) is 2.69. The van der Waals surface area contributed by atoms with Crippen molar-refractivity contribution in [2.75, 3.05) is 6.54 Å². The van der Waals surface area contributed by atoms with Crippen molar-refractivity contribution in [1.82, 2.24) is 10.5 Å². The summed E-state index contributed by atoms with van der Waals surface area (Å²) in [6.45, 7) is 6.83. The van der Waals surface area contributed by atoms with Gasteiger partial charge < -0.3 is 9.84 Å². The average molecular weight is 246 g/mol. The maximum absolute atomic E-state index is 11.8. The molecule has 0 saturated carbocycles. The van der Waals surface area contributed by atoms with Crippen molar-refractivity contribution < 1.29 is 9.32 Å². The molecule has 2 aromatic rings. The highest BCUT2D eigenvalue weighted by Crippen LogP contribution is 2.20. The minimum atomic E-state index is -0.0135. The topological polar surface area (TPSA) is 55.1 Å². The molecule has 1 N–H and O–H groups in total. The first-order valence-electron chi connectivity index (χ1n) is 6.18. The minimum absolute atomic E-state index is 0.0135. The Balaban J connectivity index is 2.12. The number of hydrogen-bond acceptors (Lipinski definition) is 3. The van der Waals surface area contributed by atoms with Crippen molar-refractivity contribution in [3.8, 4) is 0 Å². The summed E-state index contributed by atoms with van der Waals surface area (Å²) >= 11 is 0. The van der Waals surface area contributed by atoms with Crippen LogP contribution < -0.4 is 5.32 Å². The first kappa shape index (κ1) is 12.6. The summed E-state index contributed by atoms with van der Waals surface area (Å²) < 4.78 is 5.20. The summed E-state index contributed by atoms with van der Waals surface area (Å²) in [5, 5.41) is 7.77. The van der Waals surface area contributed by atoms with E-state index in [0.717, 1.165) is 16.5 Å². The number of benzene rings is 1. The van der Waals surface area contributed by atoms with E-state index in [-0.39, 0.29) is 12.3 Å². The highest BCUT2D eigenvalue weighted by molar-refractivity contribution is 5.86. The summed E-state index contributed by atoms with van der Waals surface area (Å²) in [6.07, 6.45) is 0.267. The summed E-state index contributed by atoms with van der Waals surface area (Å²) in [7, 11) is 0. The Hall–Kier alpha value is -1.84. The fourth-order valence-electron chi connectivity index (χ4n) is 1.76. The minimum Gasteiger partial charge on any atom is -0.356 e. The van der Waals surface area contributed by atoms with Gasteiger partial charge in [-0.25, -0.2) is 0 Å². The number of rotatable bonds is 4. The number of nitrogens with one attached hydrogen (secondary N) is 1. The van der Waals surface area contributed by atoms with Crippen LogP contribution in [0.1, 0.15) is 25.1 Å². The molecule has 0 saturated heterocycles. The maximum Gasteiger partial charge on any atom is 0.226 e. The molecule has 4 nitrogen and oxygen atoms in total. The van der Waals surface area contributed by atoms with Crippen molar-refractivity contribution in [2.24, 2.45) is 5.92 Å². The van der Waals surface area contributed by atoms with Gasteiger partial charge in [0.05, 0.1) is 6.42 Å². The Morgan fingerprint density at radius 3 is 2.94 bits per heavy atom. The fraction of sp³-hybridized carbons (Fsp3) is 0.429. The molecule has 2 rings (SSSR count). The van der Waals surface area contributed by atoms with Gasteiger partial charge in [0.15, 0.2) is 5.58 Å². The molecule has 0 unspecified atom stereocenters. The lowest BCUT2D eigenvalue weighted by molar-refractivity contribution is -0.120. The molecule has 18 heavy (non-hydrogen) atoms. The third-order valence-corrected chi connectivity index (χ3v) is 2.74. The summed E-state index contributed by atoms with van der Waals surface area (Å²) in [4.78, 5) is 11.8. The van der Waals surface area contributed by atoms with Gasteiger partial charge in [-0.3, -0.25) is 4.79 Å². The normalized spacial score (nSPS) is 11.1. The van der Waals surface area contributed by atoms with E-state index in [2.05, 4.69) is 24.3 Å². The molecule has 1 aromatic carbocycles. The van der Waals surface area contributed by atoms with Crippen LogP contribution in [0.5, 0.6) is 0 Å². The van der Waals surface area contributed by atoms with Gasteiger partial charge in [0.1, 0.15) is 5.69 Å². The van der Waals surface area contributed by atoms with Crippen molar-refractivity contribution in [3.05, 3.63) is 29.5 Å². The third-order valence-electron chi connectivity index (χ3n) is 2.74. The van der Waals surface area contributed by atoms with Crippen LogP contribution in [-0.2, 0) is 11.2 Å². The molecule has 0 spiro atoms. The molecule has 0 bridgehead atoms. The Morgan fingerprint density at radius 1 is 1.44 bits per heavy atom. The Morgan fingerprint density at radius 2 is 2.22 bits per heavy atom. The molecule has 0 fully saturated rings. The Kier molecular flexibility index (Phi) is 3.65. The summed E-state index contributed by atoms with van der Waals surface area (Å²) in [6, 6.07) is 5.85. The second-order valence-corrected chi connectivity index (χ2v) is 5.00. The molecule has 96 valence electrons. The molecule has 0 aliphatic carbocycles. The van der Waals surface area contributed by atoms with Gasteiger partial charge in [-0.15, -0.1) is 0 Å². The van der Waals surface area contributed by atoms with Crippen LogP contribution in [0, 0.1) is 12.8 Å². The lowest BCUT2D eigenvalue weighted by Gasteiger charge is -2.06. The van der Waals surface area contributed by atoms with Gasteiger partial charge in [0, 0.05) is 11.9 Å². The van der Waals surface area contributed by atoms with E-state index in [9.17, 15) is 4.79 Å². The van der Waals surface area contributed by atoms with E-state index in [0.29, 0.717) is 18.2 Å². The van der Waals surface area contributed by atoms with E-state index in [1.807, 2.05) is 25.1 Å². The zero-order valence-electron chi connectivity index (χ0n) is 11.0. The molecule has 1 heterocycles. The Bertz CT molecular complexity index is 558. The summed E-state index contributed by atoms with van der Waals surface area (Å²) in [5.74, 6) is 0.436. The second-order valence-electron chi connectivity index (χ2n) is 5.00. The van der Waals surface area contributed by atoms with E-state index >= 15 is 0 Å². The molecule has 0 radical (unpaired) electrons. The first-order chi connectivity index (χ1) is 8.56. The van der Waals surface area contributed by atoms with Crippen LogP contribution in [0.4, 0.5) is 0 Å². The number of nitrogens with zero attached hydrogens (tertiary/aromatic N) is 1. The van der Waals surface area contributed by atoms with Crippen LogP contribution in [0.25, 0.3) is 11.0 Å². The van der Waals surface area contributed by atoms with Gasteiger partial charge in [-0.1, -0.05) is 30.6 Å². The summed E-state index contributed by atoms with van der Waals surface area (Å²) in [5.41, 5.74) is 2.57. The molecule has 1 aromatic heterocycles. The SMILES string of the molecule is Cc1ccc2onc(CC(=O)NCC(C)C)c2c1. The number of carbonyl (C=O) groups is 1. The lowest BCUT2D eigenvalue weighted by Crippen LogP contribution is -2.28. The Labute approximate surface area is 106 Å². The fourth-order valence-corrected chi connectivity index (χ4v) is 1.76. The van der Waals surface area contributed by atoms with Crippen LogP contribution in [0.3, 0.4) is 0 Å². The largest absolute Gasteiger partial charge is 0.356 e. The molecular weight excluding hydrogens is 228 g/mol. The zero-order chi connectivity index (χ0) is 13.1. The number of fused-ring (bicyclic) bond motifs is 1. The first-order valence-corrected chi connectivity index (χ1v) is 6.18. The van der Waals surface area contributed by atoms with Gasteiger partial charge >= 0.3 is 0 Å². The zero-order valence-corrected chi connectivity index (χ0v) is 11.0. The quantitative estimate of drug-likeness (QED) is 0.901. The molecule has 0 atom stereocenters. The van der Waals surface area contributed by atoms with E-state index in [4.69, 9.17) is 4.52 Å². The lowest BCUT2D eigenvalue weighted by atomic mass is 10.1. The van der Waals surface area contributed by atoms with E-state index < -0.39 is 0 Å². The number of aromatic nitrogens is 1. The molecular formula is C14H18N2O2. The van der Waals surface area contributed by atoms with Crippen molar-refractivity contribution in [1.29, 1.82) is 0 Å². The van der Waals surface area contributed by atoms with Gasteiger partial charge in [-0.05, 0) is 25.0 Å². The number of hydrogen-bond donors (Lipinski definition) is 1. The standard InChI is InChI=1S/C14H18N2O2/c1-9(2)8-15-14(17)7-12-11-6-10(3)4-5-13(11)18-16-12/h4-6,9H,7-8H2,1-3H3,(H,15,17). The van der Waals surface area contributed by atoms with E-state index in [1.165, 1.54) is 0 Å². The van der Waals surface area contributed by atoms with Gasteiger partial charge in [-0.2, -0.15) is 0 Å². The van der Waals surface area contributed by atoms with Crippen molar-refractivity contribution in [3.63, 3.8) is 0 Å². The predicted molar refractivity (Wildman–Crippen MR) is 70.3 cm³/mol. The highest BCUT2D eigenvalue weighted by Gasteiger charge is 2.12. The molecule has 0 aliphatic rings. The highest BCUT2D eigenvalue weighted by atomic mass is 16.5. The number of carbonyl (C=O) groups excluding carboxylic acids is 1. The van der Waals surface area contributed by atoms with Crippen LogP contribution in [0.2, 0.25) is 0 Å². The van der Waals surface area contributed by atoms with Crippen molar-refractivity contribution >= 4 is 16.9 Å². The predicted octanol–water partition coefficient (Wildman–Crippen LogP) is 2.45. The van der Waals surface area contributed by atoms with Crippen LogP contribution in [0.15, 0.2) is 22.7 Å². The number of amides is 1. The molecule has 4 heteroatoms. The second kappa shape index (κ2) is 5.21. The van der Waals surface area contributed by atoms with E-state index in [1.54, 1.807) is 0 Å². The van der Waals surface area contributed by atoms with Crippen molar-refractivity contribution in [2.45, 2.75) is 27.2 Å². The molecule has 1 amide bonds. The monoisotopic (exact) mass is 246 g/mol. The third kappa shape index (κ3) is 2.88. The smallest absolute Gasteiger partial charge is 0.226 e. The van der Waals surface area contributed by atoms with Gasteiger partial charge in [0.2, 0.25) is 5.91 Å². The number of aryl methyl sites for hydroxylation is 1.